The van der Waals surface area contributed by atoms with E-state index in [9.17, 15) is 0 Å². The molecular formula is C16H32. The van der Waals surface area contributed by atoms with Gasteiger partial charge in [-0.2, -0.15) is 0 Å². The summed E-state index contributed by atoms with van der Waals surface area (Å²) in [5, 5.41) is 0. The first-order chi connectivity index (χ1) is 7.63. The summed E-state index contributed by atoms with van der Waals surface area (Å²) in [5.41, 5.74) is 0. The van der Waals surface area contributed by atoms with Gasteiger partial charge in [0.15, 0.2) is 0 Å². The molecule has 0 heteroatoms. The molecule has 0 aromatic rings. The zero-order valence-corrected chi connectivity index (χ0v) is 12.1. The molecule has 0 nitrogen and oxygen atoms in total. The smallest absolute Gasteiger partial charge is 0.0355 e. The zero-order valence-electron chi connectivity index (χ0n) is 12.1. The Morgan fingerprint density at radius 2 is 1.81 bits per heavy atom. The summed E-state index contributed by atoms with van der Waals surface area (Å²) < 4.78 is 0. The van der Waals surface area contributed by atoms with Crippen molar-refractivity contribution in [1.29, 1.82) is 0 Å². The predicted octanol–water partition coefficient (Wildman–Crippen LogP) is 5.52. The summed E-state index contributed by atoms with van der Waals surface area (Å²) in [6.07, 6.45) is 8.67. The standard InChI is InChI=1S/C16H32/c1-6-9-15(12(4)5)10-13(7-2)16-11-14(16)8-3/h12-16H,6-11H2,1-5H3. The first-order valence-corrected chi connectivity index (χ1v) is 7.63. The minimum absolute atomic E-state index is 0.882. The van der Waals surface area contributed by atoms with Crippen LogP contribution >= 0.6 is 0 Å². The fourth-order valence-electron chi connectivity index (χ4n) is 3.45. The van der Waals surface area contributed by atoms with Gasteiger partial charge in [0, 0.05) is 0 Å². The van der Waals surface area contributed by atoms with Gasteiger partial charge in [-0.15, -0.1) is 0 Å². The van der Waals surface area contributed by atoms with E-state index in [0.29, 0.717) is 0 Å². The molecule has 0 saturated heterocycles. The highest BCUT2D eigenvalue weighted by Gasteiger charge is 2.41. The van der Waals surface area contributed by atoms with E-state index in [1.54, 1.807) is 0 Å². The van der Waals surface area contributed by atoms with Crippen molar-refractivity contribution in [3.63, 3.8) is 0 Å². The monoisotopic (exact) mass is 224 g/mol. The van der Waals surface area contributed by atoms with Crippen molar-refractivity contribution in [1.82, 2.24) is 0 Å². The predicted molar refractivity (Wildman–Crippen MR) is 73.5 cm³/mol. The summed E-state index contributed by atoms with van der Waals surface area (Å²) >= 11 is 0. The van der Waals surface area contributed by atoms with Crippen LogP contribution in [0.5, 0.6) is 0 Å². The highest BCUT2D eigenvalue weighted by Crippen LogP contribution is 2.50. The second-order valence-corrected chi connectivity index (χ2v) is 6.26. The van der Waals surface area contributed by atoms with Crippen LogP contribution in [0.25, 0.3) is 0 Å². The first-order valence-electron chi connectivity index (χ1n) is 7.63. The summed E-state index contributed by atoms with van der Waals surface area (Å²) in [6, 6.07) is 0. The van der Waals surface area contributed by atoms with E-state index in [1.807, 2.05) is 0 Å². The molecule has 0 aliphatic heterocycles. The lowest BCUT2D eigenvalue weighted by Gasteiger charge is -2.26. The molecule has 0 radical (unpaired) electrons. The zero-order chi connectivity index (χ0) is 12.1. The third-order valence-corrected chi connectivity index (χ3v) is 4.84. The maximum absolute atomic E-state index is 2.41. The summed E-state index contributed by atoms with van der Waals surface area (Å²) in [6.45, 7) is 11.9. The van der Waals surface area contributed by atoms with Crippen LogP contribution in [0.2, 0.25) is 0 Å². The Morgan fingerprint density at radius 1 is 1.12 bits per heavy atom. The van der Waals surface area contributed by atoms with Crippen LogP contribution in [0.3, 0.4) is 0 Å². The Bertz CT molecular complexity index is 182. The van der Waals surface area contributed by atoms with Crippen LogP contribution in [0.4, 0.5) is 0 Å². The van der Waals surface area contributed by atoms with Gasteiger partial charge in [0.1, 0.15) is 0 Å². The van der Waals surface area contributed by atoms with Crippen molar-refractivity contribution < 1.29 is 0 Å². The Morgan fingerprint density at radius 3 is 2.19 bits per heavy atom. The van der Waals surface area contributed by atoms with E-state index in [4.69, 9.17) is 0 Å². The molecule has 0 aromatic carbocycles. The Kier molecular flexibility index (Phi) is 5.86. The van der Waals surface area contributed by atoms with Gasteiger partial charge >= 0.3 is 0 Å². The molecule has 0 N–H and O–H groups in total. The van der Waals surface area contributed by atoms with Crippen molar-refractivity contribution in [3.05, 3.63) is 0 Å². The molecule has 4 unspecified atom stereocenters. The molecule has 0 bridgehead atoms. The lowest BCUT2D eigenvalue weighted by Crippen LogP contribution is -2.16. The fraction of sp³-hybridized carbons (Fsp3) is 1.00. The van der Waals surface area contributed by atoms with Gasteiger partial charge in [0.05, 0.1) is 0 Å². The highest BCUT2D eigenvalue weighted by molar-refractivity contribution is 4.90. The maximum Gasteiger partial charge on any atom is -0.0355 e. The average molecular weight is 224 g/mol. The molecule has 1 aliphatic rings. The molecule has 16 heavy (non-hydrogen) atoms. The van der Waals surface area contributed by atoms with Crippen molar-refractivity contribution in [2.75, 3.05) is 0 Å². The van der Waals surface area contributed by atoms with E-state index >= 15 is 0 Å². The van der Waals surface area contributed by atoms with Gasteiger partial charge in [-0.05, 0) is 42.4 Å². The topological polar surface area (TPSA) is 0 Å². The second kappa shape index (κ2) is 6.67. The van der Waals surface area contributed by atoms with Crippen LogP contribution in [-0.2, 0) is 0 Å². The van der Waals surface area contributed by atoms with E-state index < -0.39 is 0 Å². The Labute approximate surface area is 103 Å². The van der Waals surface area contributed by atoms with Crippen LogP contribution in [0.15, 0.2) is 0 Å². The van der Waals surface area contributed by atoms with Crippen molar-refractivity contribution in [2.45, 2.75) is 73.1 Å². The fourth-order valence-corrected chi connectivity index (χ4v) is 3.45. The lowest BCUT2D eigenvalue weighted by atomic mass is 9.80. The van der Waals surface area contributed by atoms with Gasteiger partial charge < -0.3 is 0 Å². The van der Waals surface area contributed by atoms with Crippen molar-refractivity contribution >= 4 is 0 Å². The minimum atomic E-state index is 0.882. The van der Waals surface area contributed by atoms with Crippen LogP contribution in [0.1, 0.15) is 73.1 Å². The molecule has 1 aliphatic carbocycles. The third-order valence-electron chi connectivity index (χ3n) is 4.84. The summed E-state index contributed by atoms with van der Waals surface area (Å²) in [7, 11) is 0. The maximum atomic E-state index is 2.41. The molecule has 4 atom stereocenters. The molecule has 0 aromatic heterocycles. The van der Waals surface area contributed by atoms with Crippen LogP contribution in [0, 0.1) is 29.6 Å². The number of hydrogen-bond acceptors (Lipinski definition) is 0. The third kappa shape index (κ3) is 3.79. The molecule has 96 valence electrons. The van der Waals surface area contributed by atoms with E-state index in [2.05, 4.69) is 34.6 Å². The van der Waals surface area contributed by atoms with Gasteiger partial charge in [-0.25, -0.2) is 0 Å². The largest absolute Gasteiger partial charge is 0.0654 e. The normalized spacial score (nSPS) is 28.1. The average Bonchev–Trinajstić information content (AvgIpc) is 3.03. The molecular weight excluding hydrogens is 192 g/mol. The quantitative estimate of drug-likeness (QED) is 0.509. The van der Waals surface area contributed by atoms with Gasteiger partial charge in [0.2, 0.25) is 0 Å². The van der Waals surface area contributed by atoms with Crippen molar-refractivity contribution in [2.24, 2.45) is 29.6 Å². The second-order valence-electron chi connectivity index (χ2n) is 6.26. The minimum Gasteiger partial charge on any atom is -0.0654 e. The van der Waals surface area contributed by atoms with E-state index in [-0.39, 0.29) is 0 Å². The molecule has 1 fully saturated rings. The molecule has 0 heterocycles. The SMILES string of the molecule is CCCC(CC(CC)C1CC1CC)C(C)C. The Hall–Kier alpha value is 0. The van der Waals surface area contributed by atoms with Gasteiger partial charge in [-0.1, -0.05) is 60.3 Å². The molecule has 0 amide bonds. The van der Waals surface area contributed by atoms with Crippen LogP contribution < -0.4 is 0 Å². The highest BCUT2D eigenvalue weighted by atomic mass is 14.5. The number of hydrogen-bond donors (Lipinski definition) is 0. The van der Waals surface area contributed by atoms with E-state index in [0.717, 1.165) is 29.6 Å². The summed E-state index contributed by atoms with van der Waals surface area (Å²) in [5.74, 6) is 5.07. The van der Waals surface area contributed by atoms with Crippen molar-refractivity contribution in [3.8, 4) is 0 Å². The van der Waals surface area contributed by atoms with Gasteiger partial charge in [-0.3, -0.25) is 0 Å². The number of rotatable bonds is 8. The molecule has 1 saturated carbocycles. The lowest BCUT2D eigenvalue weighted by molar-refractivity contribution is 0.250. The first kappa shape index (κ1) is 14.1. The van der Waals surface area contributed by atoms with Gasteiger partial charge in [0.25, 0.3) is 0 Å². The molecule has 0 spiro atoms. The molecule has 1 rings (SSSR count). The van der Waals surface area contributed by atoms with E-state index in [1.165, 1.54) is 38.5 Å². The summed E-state index contributed by atoms with van der Waals surface area (Å²) in [4.78, 5) is 0. The van der Waals surface area contributed by atoms with Crippen LogP contribution in [-0.4, -0.2) is 0 Å². The Balaban J connectivity index is 2.41.